The van der Waals surface area contributed by atoms with Crippen molar-refractivity contribution in [2.45, 2.75) is 39.2 Å². The summed E-state index contributed by atoms with van der Waals surface area (Å²) in [4.78, 5) is 11.6. The number of hydrogen-bond acceptors (Lipinski definition) is 4. The molecule has 0 aliphatic carbocycles. The molecule has 0 aliphatic rings. The SMILES string of the molecule is C=C(C)[C@H](O)CC/C(C)=C/Cc1cc(C(=O)OC)ccc1OC. The average molecular weight is 318 g/mol. The quantitative estimate of drug-likeness (QED) is 0.587. The maximum absolute atomic E-state index is 11.6. The molecule has 0 spiro atoms. The highest BCUT2D eigenvalue weighted by Gasteiger charge is 2.10. The van der Waals surface area contributed by atoms with Crippen LogP contribution in [-0.2, 0) is 11.2 Å². The molecule has 0 aromatic heterocycles. The molecule has 0 aliphatic heterocycles. The van der Waals surface area contributed by atoms with Crippen molar-refractivity contribution in [1.29, 1.82) is 0 Å². The van der Waals surface area contributed by atoms with Gasteiger partial charge in [-0.25, -0.2) is 4.79 Å². The van der Waals surface area contributed by atoms with Gasteiger partial charge in [0.15, 0.2) is 0 Å². The average Bonchev–Trinajstić information content (AvgIpc) is 2.56. The monoisotopic (exact) mass is 318 g/mol. The topological polar surface area (TPSA) is 55.8 Å². The Morgan fingerprint density at radius 3 is 2.61 bits per heavy atom. The van der Waals surface area contributed by atoms with E-state index >= 15 is 0 Å². The van der Waals surface area contributed by atoms with Gasteiger partial charge in [-0.1, -0.05) is 23.8 Å². The van der Waals surface area contributed by atoms with E-state index in [1.54, 1.807) is 25.3 Å². The van der Waals surface area contributed by atoms with Gasteiger partial charge >= 0.3 is 5.97 Å². The molecule has 126 valence electrons. The van der Waals surface area contributed by atoms with Crippen LogP contribution in [0.5, 0.6) is 5.75 Å². The van der Waals surface area contributed by atoms with Crippen LogP contribution in [0, 0.1) is 0 Å². The lowest BCUT2D eigenvalue weighted by Gasteiger charge is -2.11. The van der Waals surface area contributed by atoms with Gasteiger partial charge in [-0.15, -0.1) is 0 Å². The molecule has 1 aromatic rings. The summed E-state index contributed by atoms with van der Waals surface area (Å²) in [6, 6.07) is 5.25. The van der Waals surface area contributed by atoms with E-state index in [4.69, 9.17) is 9.47 Å². The summed E-state index contributed by atoms with van der Waals surface area (Å²) in [7, 11) is 2.97. The van der Waals surface area contributed by atoms with Crippen LogP contribution in [0.2, 0.25) is 0 Å². The molecule has 1 rings (SSSR count). The van der Waals surface area contributed by atoms with Crippen LogP contribution in [0.15, 0.2) is 42.0 Å². The molecule has 1 N–H and O–H groups in total. The van der Waals surface area contributed by atoms with Crippen LogP contribution in [-0.4, -0.2) is 31.4 Å². The van der Waals surface area contributed by atoms with Crippen molar-refractivity contribution in [3.05, 3.63) is 53.1 Å². The molecule has 0 fully saturated rings. The Balaban J connectivity index is 2.80. The van der Waals surface area contributed by atoms with Gasteiger partial charge in [0.1, 0.15) is 5.75 Å². The van der Waals surface area contributed by atoms with Crippen LogP contribution in [0.25, 0.3) is 0 Å². The minimum Gasteiger partial charge on any atom is -0.496 e. The first-order chi connectivity index (χ1) is 10.9. The minimum absolute atomic E-state index is 0.362. The second-order valence-corrected chi connectivity index (χ2v) is 5.67. The Labute approximate surface area is 138 Å². The zero-order valence-electron chi connectivity index (χ0n) is 14.4. The lowest BCUT2D eigenvalue weighted by atomic mass is 10.0. The van der Waals surface area contributed by atoms with Crippen molar-refractivity contribution in [1.82, 2.24) is 0 Å². The molecule has 0 heterocycles. The maximum Gasteiger partial charge on any atom is 0.337 e. The number of esters is 1. The minimum atomic E-state index is -0.462. The highest BCUT2D eigenvalue weighted by atomic mass is 16.5. The van der Waals surface area contributed by atoms with Crippen LogP contribution in [0.3, 0.4) is 0 Å². The number of ether oxygens (including phenoxy) is 2. The molecule has 0 saturated heterocycles. The number of aliphatic hydroxyl groups is 1. The van der Waals surface area contributed by atoms with Gasteiger partial charge in [-0.2, -0.15) is 0 Å². The van der Waals surface area contributed by atoms with Gasteiger partial charge in [0.2, 0.25) is 0 Å². The summed E-state index contributed by atoms with van der Waals surface area (Å²) in [5, 5.41) is 9.77. The van der Waals surface area contributed by atoms with Crippen molar-refractivity contribution >= 4 is 5.97 Å². The zero-order chi connectivity index (χ0) is 17.4. The van der Waals surface area contributed by atoms with Gasteiger partial charge in [-0.05, 0) is 56.9 Å². The zero-order valence-corrected chi connectivity index (χ0v) is 14.4. The number of hydrogen-bond donors (Lipinski definition) is 1. The Hall–Kier alpha value is -2.07. The Kier molecular flexibility index (Phi) is 7.55. The molecule has 1 atom stereocenters. The van der Waals surface area contributed by atoms with Crippen molar-refractivity contribution < 1.29 is 19.4 Å². The van der Waals surface area contributed by atoms with Gasteiger partial charge < -0.3 is 14.6 Å². The number of carbonyl (C=O) groups is 1. The molecule has 1 aromatic carbocycles. The molecule has 0 saturated carbocycles. The first-order valence-electron chi connectivity index (χ1n) is 7.63. The maximum atomic E-state index is 11.6. The van der Waals surface area contributed by atoms with E-state index in [-0.39, 0.29) is 5.97 Å². The third kappa shape index (κ3) is 5.91. The Bertz CT molecular complexity index is 587. The summed E-state index contributed by atoms with van der Waals surface area (Å²) in [6.07, 6.45) is 3.74. The molecule has 4 heteroatoms. The molecular formula is C19H26O4. The predicted octanol–water partition coefficient (Wildman–Crippen LogP) is 3.69. The first-order valence-corrected chi connectivity index (χ1v) is 7.63. The van der Waals surface area contributed by atoms with Crippen molar-refractivity contribution in [3.8, 4) is 5.75 Å². The molecule has 23 heavy (non-hydrogen) atoms. The lowest BCUT2D eigenvalue weighted by molar-refractivity contribution is 0.0600. The smallest absolute Gasteiger partial charge is 0.337 e. The van der Waals surface area contributed by atoms with E-state index in [1.165, 1.54) is 12.7 Å². The fraction of sp³-hybridized carbons (Fsp3) is 0.421. The summed E-state index contributed by atoms with van der Waals surface area (Å²) >= 11 is 0. The van der Waals surface area contributed by atoms with Gasteiger partial charge in [0.05, 0.1) is 25.9 Å². The molecule has 0 amide bonds. The number of rotatable bonds is 8. The van der Waals surface area contributed by atoms with Crippen LogP contribution in [0.1, 0.15) is 42.6 Å². The molecule has 0 unspecified atom stereocenters. The summed E-state index contributed by atoms with van der Waals surface area (Å²) in [6.45, 7) is 7.61. The lowest BCUT2D eigenvalue weighted by Crippen LogP contribution is -2.07. The molecule has 0 bridgehead atoms. The number of methoxy groups -OCH3 is 2. The van der Waals surface area contributed by atoms with Gasteiger partial charge in [0, 0.05) is 0 Å². The van der Waals surface area contributed by atoms with E-state index < -0.39 is 6.10 Å². The first kappa shape index (κ1) is 19.0. The van der Waals surface area contributed by atoms with E-state index in [1.807, 2.05) is 13.8 Å². The normalized spacial score (nSPS) is 12.7. The second kappa shape index (κ2) is 9.16. The van der Waals surface area contributed by atoms with E-state index in [0.29, 0.717) is 18.4 Å². The fourth-order valence-electron chi connectivity index (χ4n) is 2.18. The molecule has 4 nitrogen and oxygen atoms in total. The number of allylic oxidation sites excluding steroid dienone is 2. The van der Waals surface area contributed by atoms with Gasteiger partial charge in [-0.3, -0.25) is 0 Å². The Morgan fingerprint density at radius 2 is 2.04 bits per heavy atom. The van der Waals surface area contributed by atoms with Crippen LogP contribution in [0.4, 0.5) is 0 Å². The molecule has 0 radical (unpaired) electrons. The third-order valence-electron chi connectivity index (χ3n) is 3.75. The standard InChI is InChI=1S/C19H26O4/c1-13(2)17(20)10-7-14(3)6-8-15-12-16(19(21)23-5)9-11-18(15)22-4/h6,9,11-12,17,20H,1,7-8,10H2,2-5H3/b14-6+/t17-/m1/s1. The van der Waals surface area contributed by atoms with Crippen LogP contribution >= 0.6 is 0 Å². The van der Waals surface area contributed by atoms with Crippen molar-refractivity contribution in [3.63, 3.8) is 0 Å². The van der Waals surface area contributed by atoms with E-state index in [2.05, 4.69) is 12.7 Å². The van der Waals surface area contributed by atoms with Crippen molar-refractivity contribution in [2.75, 3.05) is 14.2 Å². The largest absolute Gasteiger partial charge is 0.496 e. The fourth-order valence-corrected chi connectivity index (χ4v) is 2.18. The van der Waals surface area contributed by atoms with Crippen LogP contribution < -0.4 is 4.74 Å². The number of aliphatic hydroxyl groups excluding tert-OH is 1. The van der Waals surface area contributed by atoms with E-state index in [0.717, 1.165) is 23.3 Å². The third-order valence-corrected chi connectivity index (χ3v) is 3.75. The number of benzene rings is 1. The summed E-state index contributed by atoms with van der Waals surface area (Å²) in [5.41, 5.74) is 3.39. The Morgan fingerprint density at radius 1 is 1.35 bits per heavy atom. The summed E-state index contributed by atoms with van der Waals surface area (Å²) < 4.78 is 10.1. The predicted molar refractivity (Wildman–Crippen MR) is 91.8 cm³/mol. The molecular weight excluding hydrogens is 292 g/mol. The highest BCUT2D eigenvalue weighted by molar-refractivity contribution is 5.89. The summed E-state index contributed by atoms with van der Waals surface area (Å²) in [5.74, 6) is 0.378. The van der Waals surface area contributed by atoms with Crippen molar-refractivity contribution in [2.24, 2.45) is 0 Å². The number of carbonyl (C=O) groups excluding carboxylic acids is 1. The highest BCUT2D eigenvalue weighted by Crippen LogP contribution is 2.22. The van der Waals surface area contributed by atoms with E-state index in [9.17, 15) is 9.90 Å². The second-order valence-electron chi connectivity index (χ2n) is 5.67. The van der Waals surface area contributed by atoms with Gasteiger partial charge in [0.25, 0.3) is 0 Å².